The monoisotopic (exact) mass is 321 g/mol. The van der Waals surface area contributed by atoms with E-state index in [0.29, 0.717) is 5.69 Å². The van der Waals surface area contributed by atoms with E-state index in [4.69, 9.17) is 4.42 Å². The lowest BCUT2D eigenvalue weighted by Crippen LogP contribution is -2.31. The van der Waals surface area contributed by atoms with E-state index in [2.05, 4.69) is 10.2 Å². The third-order valence-electron chi connectivity index (χ3n) is 4.66. The number of carbonyl (C=O) groups is 1. The largest absolute Gasteiger partial charge is 0.467 e. The molecule has 1 N–H and O–H groups in total. The van der Waals surface area contributed by atoms with Crippen LogP contribution in [0.15, 0.2) is 53.1 Å². The fraction of sp³-hybridized carbons (Fsp3) is 0.263. The number of aromatic amines is 1. The van der Waals surface area contributed by atoms with Crippen molar-refractivity contribution >= 4 is 5.91 Å². The van der Waals surface area contributed by atoms with E-state index in [0.717, 1.165) is 42.0 Å². The predicted octanol–water partition coefficient (Wildman–Crippen LogP) is 3.96. The van der Waals surface area contributed by atoms with Crippen LogP contribution in [-0.2, 0) is 0 Å². The third-order valence-corrected chi connectivity index (χ3v) is 4.66. The topological polar surface area (TPSA) is 62.1 Å². The molecule has 1 amide bonds. The minimum atomic E-state index is -0.0129. The summed E-state index contributed by atoms with van der Waals surface area (Å²) in [7, 11) is 0. The van der Waals surface area contributed by atoms with Crippen LogP contribution >= 0.6 is 0 Å². The van der Waals surface area contributed by atoms with Crippen LogP contribution in [0.4, 0.5) is 0 Å². The number of nitrogens with one attached hydrogen (secondary N) is 1. The van der Waals surface area contributed by atoms with E-state index in [1.165, 1.54) is 0 Å². The second-order valence-electron chi connectivity index (χ2n) is 6.11. The zero-order chi connectivity index (χ0) is 16.5. The Bertz CT molecular complexity index is 837. The second kappa shape index (κ2) is 6.00. The van der Waals surface area contributed by atoms with Gasteiger partial charge in [-0.2, -0.15) is 5.10 Å². The van der Waals surface area contributed by atoms with Crippen LogP contribution in [0.1, 0.15) is 40.7 Å². The fourth-order valence-corrected chi connectivity index (χ4v) is 3.41. The molecule has 1 saturated heterocycles. The Morgan fingerprint density at radius 2 is 2.08 bits per heavy atom. The van der Waals surface area contributed by atoms with E-state index in [-0.39, 0.29) is 11.9 Å². The molecule has 5 nitrogen and oxygen atoms in total. The van der Waals surface area contributed by atoms with Gasteiger partial charge in [0.15, 0.2) is 0 Å². The highest BCUT2D eigenvalue weighted by Gasteiger charge is 2.34. The smallest absolute Gasteiger partial charge is 0.272 e. The lowest BCUT2D eigenvalue weighted by molar-refractivity contribution is 0.0713. The standard InChI is InChI=1S/C19H19N3O2/c1-13-17(14-7-3-2-4-8-14)20-21-18(13)19(23)22-11-5-9-15(22)16-10-6-12-24-16/h2-4,6-8,10,12,15H,5,9,11H2,1H3,(H,20,21). The number of H-pyrrole nitrogens is 1. The number of carbonyl (C=O) groups excluding carboxylic acids is 1. The molecule has 1 fully saturated rings. The van der Waals surface area contributed by atoms with Gasteiger partial charge in [-0.1, -0.05) is 30.3 Å². The number of amides is 1. The zero-order valence-corrected chi connectivity index (χ0v) is 13.5. The molecule has 3 aromatic rings. The first-order valence-corrected chi connectivity index (χ1v) is 8.20. The molecule has 1 atom stereocenters. The van der Waals surface area contributed by atoms with Crippen LogP contribution in [0.3, 0.4) is 0 Å². The molecule has 2 aromatic heterocycles. The molecule has 24 heavy (non-hydrogen) atoms. The van der Waals surface area contributed by atoms with Gasteiger partial charge < -0.3 is 9.32 Å². The molecule has 0 aliphatic carbocycles. The van der Waals surface area contributed by atoms with E-state index in [9.17, 15) is 4.79 Å². The fourth-order valence-electron chi connectivity index (χ4n) is 3.41. The molecule has 0 spiro atoms. The number of nitrogens with zero attached hydrogens (tertiary/aromatic N) is 2. The molecule has 122 valence electrons. The number of hydrogen-bond acceptors (Lipinski definition) is 3. The highest BCUT2D eigenvalue weighted by atomic mass is 16.3. The Labute approximate surface area is 140 Å². The highest BCUT2D eigenvalue weighted by molar-refractivity contribution is 5.95. The van der Waals surface area contributed by atoms with Crippen LogP contribution in [0.5, 0.6) is 0 Å². The van der Waals surface area contributed by atoms with Crippen molar-refractivity contribution in [1.82, 2.24) is 15.1 Å². The molecule has 0 saturated carbocycles. The Balaban J connectivity index is 1.64. The van der Waals surface area contributed by atoms with Crippen molar-refractivity contribution in [2.24, 2.45) is 0 Å². The quantitative estimate of drug-likeness (QED) is 0.794. The molecular formula is C19H19N3O2. The molecule has 4 rings (SSSR count). The summed E-state index contributed by atoms with van der Waals surface area (Å²) in [5, 5.41) is 7.31. The lowest BCUT2D eigenvalue weighted by atomic mass is 10.1. The Kier molecular flexibility index (Phi) is 3.69. The van der Waals surface area contributed by atoms with Crippen molar-refractivity contribution < 1.29 is 9.21 Å². The number of benzene rings is 1. The van der Waals surface area contributed by atoms with Gasteiger partial charge in [0.1, 0.15) is 11.5 Å². The first-order chi connectivity index (χ1) is 11.8. The van der Waals surface area contributed by atoms with Crippen molar-refractivity contribution in [3.05, 3.63) is 65.7 Å². The van der Waals surface area contributed by atoms with Gasteiger partial charge in [-0.15, -0.1) is 0 Å². The maximum Gasteiger partial charge on any atom is 0.272 e. The second-order valence-corrected chi connectivity index (χ2v) is 6.11. The van der Waals surface area contributed by atoms with Gasteiger partial charge in [-0.05, 0) is 31.9 Å². The summed E-state index contributed by atoms with van der Waals surface area (Å²) in [6.45, 7) is 2.68. The van der Waals surface area contributed by atoms with Crippen LogP contribution in [0.2, 0.25) is 0 Å². The lowest BCUT2D eigenvalue weighted by Gasteiger charge is -2.22. The summed E-state index contributed by atoms with van der Waals surface area (Å²) in [6.07, 6.45) is 3.57. The van der Waals surface area contributed by atoms with E-state index in [1.807, 2.05) is 54.3 Å². The maximum atomic E-state index is 13.0. The maximum absolute atomic E-state index is 13.0. The van der Waals surface area contributed by atoms with Gasteiger partial charge in [0, 0.05) is 17.7 Å². The summed E-state index contributed by atoms with van der Waals surface area (Å²) in [5.74, 6) is 0.836. The normalized spacial score (nSPS) is 17.4. The summed E-state index contributed by atoms with van der Waals surface area (Å²) in [4.78, 5) is 14.9. The number of furan rings is 1. The summed E-state index contributed by atoms with van der Waals surface area (Å²) in [6, 6.07) is 13.7. The van der Waals surface area contributed by atoms with Crippen molar-refractivity contribution in [2.75, 3.05) is 6.54 Å². The molecule has 5 heteroatoms. The SMILES string of the molecule is Cc1c(-c2ccccc2)n[nH]c1C(=O)N1CCCC1c1ccco1. The van der Waals surface area contributed by atoms with Crippen molar-refractivity contribution in [1.29, 1.82) is 0 Å². The summed E-state index contributed by atoms with van der Waals surface area (Å²) >= 11 is 0. The molecule has 3 heterocycles. The Morgan fingerprint density at radius 1 is 1.25 bits per heavy atom. The van der Waals surface area contributed by atoms with Crippen LogP contribution < -0.4 is 0 Å². The molecule has 1 aliphatic rings. The Hall–Kier alpha value is -2.82. The van der Waals surface area contributed by atoms with E-state index >= 15 is 0 Å². The molecular weight excluding hydrogens is 302 g/mol. The van der Waals surface area contributed by atoms with Crippen molar-refractivity contribution in [2.45, 2.75) is 25.8 Å². The van der Waals surface area contributed by atoms with E-state index in [1.54, 1.807) is 6.26 Å². The van der Waals surface area contributed by atoms with Crippen LogP contribution in [0, 0.1) is 6.92 Å². The van der Waals surface area contributed by atoms with Gasteiger partial charge in [0.25, 0.3) is 5.91 Å². The minimum Gasteiger partial charge on any atom is -0.467 e. The molecule has 0 bridgehead atoms. The third kappa shape index (κ3) is 2.42. The van der Waals surface area contributed by atoms with E-state index < -0.39 is 0 Å². The number of hydrogen-bond donors (Lipinski definition) is 1. The first kappa shape index (κ1) is 14.8. The molecule has 1 aromatic carbocycles. The number of likely N-dealkylation sites (tertiary alicyclic amines) is 1. The molecule has 1 aliphatic heterocycles. The number of rotatable bonds is 3. The predicted molar refractivity (Wildman–Crippen MR) is 90.5 cm³/mol. The van der Waals surface area contributed by atoms with Crippen molar-refractivity contribution in [3.63, 3.8) is 0 Å². The first-order valence-electron chi connectivity index (χ1n) is 8.20. The van der Waals surface area contributed by atoms with Crippen LogP contribution in [0.25, 0.3) is 11.3 Å². The summed E-state index contributed by atoms with van der Waals surface area (Å²) < 4.78 is 5.52. The average molecular weight is 321 g/mol. The zero-order valence-electron chi connectivity index (χ0n) is 13.5. The average Bonchev–Trinajstić information content (AvgIpc) is 3.35. The number of aromatic nitrogens is 2. The summed E-state index contributed by atoms with van der Waals surface area (Å²) in [5.41, 5.74) is 3.28. The van der Waals surface area contributed by atoms with Crippen LogP contribution in [-0.4, -0.2) is 27.5 Å². The van der Waals surface area contributed by atoms with Crippen molar-refractivity contribution in [3.8, 4) is 11.3 Å². The highest BCUT2D eigenvalue weighted by Crippen LogP contribution is 2.34. The van der Waals surface area contributed by atoms with Gasteiger partial charge in [-0.25, -0.2) is 0 Å². The van der Waals surface area contributed by atoms with Gasteiger partial charge in [-0.3, -0.25) is 9.89 Å². The van der Waals surface area contributed by atoms with Gasteiger partial charge in [0.05, 0.1) is 18.0 Å². The molecule has 0 radical (unpaired) electrons. The van der Waals surface area contributed by atoms with Gasteiger partial charge in [0.2, 0.25) is 0 Å². The Morgan fingerprint density at radius 3 is 2.83 bits per heavy atom. The molecule has 1 unspecified atom stereocenters. The van der Waals surface area contributed by atoms with Gasteiger partial charge >= 0.3 is 0 Å². The minimum absolute atomic E-state index is 0.00961.